The summed E-state index contributed by atoms with van der Waals surface area (Å²) in [6, 6.07) is 2.67. The first-order valence-corrected chi connectivity index (χ1v) is 7.64. The third kappa shape index (κ3) is 3.12. The first kappa shape index (κ1) is 14.0. The Kier molecular flexibility index (Phi) is 4.52. The summed E-state index contributed by atoms with van der Waals surface area (Å²) >= 11 is 1.61. The van der Waals surface area contributed by atoms with Gasteiger partial charge in [0.1, 0.15) is 11.8 Å². The van der Waals surface area contributed by atoms with Gasteiger partial charge in [0.15, 0.2) is 5.76 Å². The molecule has 2 rings (SSSR count). The molecule has 0 spiro atoms. The summed E-state index contributed by atoms with van der Waals surface area (Å²) in [6.07, 6.45) is 4.15. The van der Waals surface area contributed by atoms with Crippen molar-refractivity contribution in [3.05, 3.63) is 23.7 Å². The van der Waals surface area contributed by atoms with Gasteiger partial charge in [0.05, 0.1) is 5.75 Å². The van der Waals surface area contributed by atoms with Crippen molar-refractivity contribution in [3.63, 3.8) is 0 Å². The summed E-state index contributed by atoms with van der Waals surface area (Å²) in [6.45, 7) is 0.481. The molecule has 0 saturated carbocycles. The molecule has 1 aromatic heterocycles. The lowest BCUT2D eigenvalue weighted by molar-refractivity contribution is -0.143. The molecule has 0 radical (unpaired) electrons. The highest BCUT2D eigenvalue weighted by Gasteiger charge is 2.33. The molecule has 1 saturated heterocycles. The van der Waals surface area contributed by atoms with E-state index in [1.807, 2.05) is 6.26 Å². The maximum atomic E-state index is 12.3. The van der Waals surface area contributed by atoms with Crippen molar-refractivity contribution in [2.45, 2.75) is 31.1 Å². The number of rotatable bonds is 4. The van der Waals surface area contributed by atoms with E-state index in [-0.39, 0.29) is 11.7 Å². The molecule has 0 aromatic carbocycles. The lowest BCUT2D eigenvalue weighted by atomic mass is 10.0. The summed E-state index contributed by atoms with van der Waals surface area (Å²) in [5.74, 6) is 0.413. The standard InChI is InChI=1S/C13H17NO4S/c1-19-8-9-5-6-11(18-9)12(15)14-7-3-2-4-10(14)13(16)17/h5-6,10H,2-4,7-8H2,1H3,(H,16,17). The molecule has 1 amide bonds. The number of nitrogens with zero attached hydrogens (tertiary/aromatic N) is 1. The van der Waals surface area contributed by atoms with Gasteiger partial charge in [-0.25, -0.2) is 4.79 Å². The Labute approximate surface area is 116 Å². The number of furan rings is 1. The van der Waals surface area contributed by atoms with E-state index >= 15 is 0 Å². The number of carboxylic acids is 1. The summed E-state index contributed by atoms with van der Waals surface area (Å²) in [5.41, 5.74) is 0. The van der Waals surface area contributed by atoms with Crippen LogP contribution in [-0.2, 0) is 10.5 Å². The van der Waals surface area contributed by atoms with E-state index < -0.39 is 12.0 Å². The molecule has 1 aromatic rings. The van der Waals surface area contributed by atoms with E-state index in [0.29, 0.717) is 18.7 Å². The highest BCUT2D eigenvalue weighted by Crippen LogP contribution is 2.21. The second-order valence-corrected chi connectivity index (χ2v) is 5.41. The number of hydrogen-bond donors (Lipinski definition) is 1. The Balaban J connectivity index is 2.14. The predicted molar refractivity (Wildman–Crippen MR) is 72.2 cm³/mol. The molecule has 0 bridgehead atoms. The molecule has 0 aliphatic carbocycles. The molecule has 1 fully saturated rings. The first-order chi connectivity index (χ1) is 9.13. The molecular formula is C13H17NO4S. The van der Waals surface area contributed by atoms with Crippen LogP contribution in [-0.4, -0.2) is 40.7 Å². The Bertz CT molecular complexity index is 471. The minimum Gasteiger partial charge on any atom is -0.480 e. The van der Waals surface area contributed by atoms with E-state index in [2.05, 4.69) is 0 Å². The van der Waals surface area contributed by atoms with E-state index in [4.69, 9.17) is 9.52 Å². The van der Waals surface area contributed by atoms with Crippen LogP contribution >= 0.6 is 11.8 Å². The molecule has 1 aliphatic heterocycles. The summed E-state index contributed by atoms with van der Waals surface area (Å²) < 4.78 is 5.46. The zero-order valence-corrected chi connectivity index (χ0v) is 11.6. The summed E-state index contributed by atoms with van der Waals surface area (Å²) in [5, 5.41) is 9.17. The van der Waals surface area contributed by atoms with Crippen LogP contribution in [0, 0.1) is 0 Å². The molecule has 6 heteroatoms. The maximum absolute atomic E-state index is 12.3. The van der Waals surface area contributed by atoms with Gasteiger partial charge in [0, 0.05) is 6.54 Å². The third-order valence-electron chi connectivity index (χ3n) is 3.21. The Morgan fingerprint density at radius 1 is 1.47 bits per heavy atom. The largest absolute Gasteiger partial charge is 0.480 e. The molecule has 1 unspecified atom stereocenters. The highest BCUT2D eigenvalue weighted by atomic mass is 32.2. The number of thioether (sulfide) groups is 1. The third-order valence-corrected chi connectivity index (χ3v) is 3.78. The molecule has 1 N–H and O–H groups in total. The average molecular weight is 283 g/mol. The Morgan fingerprint density at radius 2 is 2.26 bits per heavy atom. The van der Waals surface area contributed by atoms with Crippen molar-refractivity contribution in [2.75, 3.05) is 12.8 Å². The van der Waals surface area contributed by atoms with Crippen molar-refractivity contribution in [3.8, 4) is 0 Å². The number of likely N-dealkylation sites (tertiary alicyclic amines) is 1. The van der Waals surface area contributed by atoms with Crippen molar-refractivity contribution >= 4 is 23.6 Å². The lowest BCUT2D eigenvalue weighted by Crippen LogP contribution is -2.47. The van der Waals surface area contributed by atoms with Crippen LogP contribution in [0.5, 0.6) is 0 Å². The van der Waals surface area contributed by atoms with E-state index in [1.165, 1.54) is 4.90 Å². The second kappa shape index (κ2) is 6.14. The fraction of sp³-hybridized carbons (Fsp3) is 0.538. The molecule has 104 valence electrons. The molecule has 1 aliphatic rings. The van der Waals surface area contributed by atoms with Crippen LogP contribution in [0.4, 0.5) is 0 Å². The van der Waals surface area contributed by atoms with Gasteiger partial charge in [0.2, 0.25) is 0 Å². The molecule has 19 heavy (non-hydrogen) atoms. The lowest BCUT2D eigenvalue weighted by Gasteiger charge is -2.32. The van der Waals surface area contributed by atoms with Crippen LogP contribution < -0.4 is 0 Å². The maximum Gasteiger partial charge on any atom is 0.326 e. The minimum absolute atomic E-state index is 0.234. The number of carbonyl (C=O) groups is 2. The molecule has 1 atom stereocenters. The SMILES string of the molecule is CSCc1ccc(C(=O)N2CCCCC2C(=O)O)o1. The zero-order valence-electron chi connectivity index (χ0n) is 10.8. The van der Waals surface area contributed by atoms with Gasteiger partial charge in [0.25, 0.3) is 5.91 Å². The number of carboxylic acid groups (broad SMARTS) is 1. The van der Waals surface area contributed by atoms with Crippen molar-refractivity contribution in [1.29, 1.82) is 0 Å². The van der Waals surface area contributed by atoms with Crippen molar-refractivity contribution in [2.24, 2.45) is 0 Å². The van der Waals surface area contributed by atoms with Gasteiger partial charge < -0.3 is 14.4 Å². The van der Waals surface area contributed by atoms with E-state index in [1.54, 1.807) is 23.9 Å². The average Bonchev–Trinajstić information content (AvgIpc) is 2.87. The van der Waals surface area contributed by atoms with Crippen LogP contribution in [0.1, 0.15) is 35.6 Å². The number of amides is 1. The topological polar surface area (TPSA) is 70.8 Å². The van der Waals surface area contributed by atoms with E-state index in [9.17, 15) is 9.59 Å². The minimum atomic E-state index is -0.941. The fourth-order valence-corrected chi connectivity index (χ4v) is 2.73. The second-order valence-electron chi connectivity index (χ2n) is 4.55. The molecule has 2 heterocycles. The number of carbonyl (C=O) groups excluding carboxylic acids is 1. The van der Waals surface area contributed by atoms with Crippen LogP contribution in [0.25, 0.3) is 0 Å². The quantitative estimate of drug-likeness (QED) is 0.917. The normalized spacial score (nSPS) is 19.4. The van der Waals surface area contributed by atoms with Gasteiger partial charge in [-0.05, 0) is 37.7 Å². The Hall–Kier alpha value is -1.43. The first-order valence-electron chi connectivity index (χ1n) is 6.25. The van der Waals surface area contributed by atoms with Crippen molar-refractivity contribution < 1.29 is 19.1 Å². The number of piperidine rings is 1. The number of hydrogen-bond acceptors (Lipinski definition) is 4. The van der Waals surface area contributed by atoms with Gasteiger partial charge in [-0.15, -0.1) is 0 Å². The summed E-state index contributed by atoms with van der Waals surface area (Å²) in [4.78, 5) is 24.9. The smallest absolute Gasteiger partial charge is 0.326 e. The van der Waals surface area contributed by atoms with Crippen LogP contribution in [0.15, 0.2) is 16.5 Å². The summed E-state index contributed by atoms with van der Waals surface area (Å²) in [7, 11) is 0. The van der Waals surface area contributed by atoms with Gasteiger partial charge in [-0.1, -0.05) is 0 Å². The van der Waals surface area contributed by atoms with Gasteiger partial charge in [-0.3, -0.25) is 4.79 Å². The molecule has 5 nitrogen and oxygen atoms in total. The Morgan fingerprint density at radius 3 is 2.95 bits per heavy atom. The number of aliphatic carboxylic acids is 1. The van der Waals surface area contributed by atoms with Gasteiger partial charge in [-0.2, -0.15) is 11.8 Å². The van der Waals surface area contributed by atoms with Gasteiger partial charge >= 0.3 is 5.97 Å². The van der Waals surface area contributed by atoms with E-state index in [0.717, 1.165) is 18.6 Å². The van der Waals surface area contributed by atoms with Crippen LogP contribution in [0.2, 0.25) is 0 Å². The fourth-order valence-electron chi connectivity index (χ4n) is 2.29. The monoisotopic (exact) mass is 283 g/mol. The predicted octanol–water partition coefficient (Wildman–Crippen LogP) is 2.22. The zero-order chi connectivity index (χ0) is 13.8. The molecular weight excluding hydrogens is 266 g/mol. The van der Waals surface area contributed by atoms with Crippen LogP contribution in [0.3, 0.4) is 0 Å². The highest BCUT2D eigenvalue weighted by molar-refractivity contribution is 7.97. The van der Waals surface area contributed by atoms with Crippen molar-refractivity contribution in [1.82, 2.24) is 4.90 Å².